The van der Waals surface area contributed by atoms with Crippen molar-refractivity contribution in [3.63, 3.8) is 0 Å². The Bertz CT molecular complexity index is 595. The normalized spacial score (nSPS) is 17.3. The molecule has 1 fully saturated rings. The molecule has 0 saturated heterocycles. The number of rotatable bonds is 6. The summed E-state index contributed by atoms with van der Waals surface area (Å²) in [5, 5.41) is 0. The van der Waals surface area contributed by atoms with E-state index >= 15 is 0 Å². The van der Waals surface area contributed by atoms with Gasteiger partial charge in [-0.15, -0.1) is 0 Å². The zero-order valence-electron chi connectivity index (χ0n) is 14.6. The molecule has 0 aliphatic heterocycles. The lowest BCUT2D eigenvalue weighted by Crippen LogP contribution is -2.45. The van der Waals surface area contributed by atoms with Crippen LogP contribution in [0.3, 0.4) is 0 Å². The van der Waals surface area contributed by atoms with E-state index in [0.717, 1.165) is 37.1 Å². The van der Waals surface area contributed by atoms with Crippen molar-refractivity contribution >= 4 is 10.2 Å². The van der Waals surface area contributed by atoms with Gasteiger partial charge in [-0.3, -0.25) is 0 Å². The Kier molecular flexibility index (Phi) is 6.11. The summed E-state index contributed by atoms with van der Waals surface area (Å²) < 4.78 is 28.4. The van der Waals surface area contributed by atoms with Crippen molar-refractivity contribution in [2.24, 2.45) is 0 Å². The highest BCUT2D eigenvalue weighted by Crippen LogP contribution is 2.24. The number of hydrogen-bond acceptors (Lipinski definition) is 4. The van der Waals surface area contributed by atoms with Crippen LogP contribution >= 0.6 is 0 Å². The standard InChI is InChI=1S/C16H28N4O2S/c1-13(2)16-17-10-14(11-18-16)12-19(3)23(21,22)20(4)15-8-6-5-7-9-15/h10-11,13,15H,5-9,12H2,1-4H3. The molecule has 1 aliphatic carbocycles. The van der Waals surface area contributed by atoms with Crippen molar-refractivity contribution in [3.8, 4) is 0 Å². The van der Waals surface area contributed by atoms with Crippen LogP contribution in [0.4, 0.5) is 0 Å². The fraction of sp³-hybridized carbons (Fsp3) is 0.750. The van der Waals surface area contributed by atoms with Gasteiger partial charge in [0.25, 0.3) is 10.2 Å². The predicted molar refractivity (Wildman–Crippen MR) is 91.1 cm³/mol. The van der Waals surface area contributed by atoms with Crippen LogP contribution in [0.15, 0.2) is 12.4 Å². The van der Waals surface area contributed by atoms with Gasteiger partial charge in [-0.05, 0) is 12.8 Å². The summed E-state index contributed by atoms with van der Waals surface area (Å²) in [6.45, 7) is 4.35. The third kappa shape index (κ3) is 4.49. The topological polar surface area (TPSA) is 66.4 Å². The SMILES string of the molecule is CC(C)c1ncc(CN(C)S(=O)(=O)N(C)C2CCCCC2)cn1. The first kappa shape index (κ1) is 18.3. The maximum absolute atomic E-state index is 12.7. The molecule has 0 atom stereocenters. The second-order valence-corrected chi connectivity index (χ2v) is 8.77. The molecule has 1 heterocycles. The molecule has 0 N–H and O–H groups in total. The summed E-state index contributed by atoms with van der Waals surface area (Å²) >= 11 is 0. The van der Waals surface area contributed by atoms with Gasteiger partial charge in [-0.2, -0.15) is 17.0 Å². The van der Waals surface area contributed by atoms with Crippen LogP contribution < -0.4 is 0 Å². The monoisotopic (exact) mass is 340 g/mol. The van der Waals surface area contributed by atoms with E-state index in [1.54, 1.807) is 26.5 Å². The summed E-state index contributed by atoms with van der Waals surface area (Å²) in [5.41, 5.74) is 0.803. The van der Waals surface area contributed by atoms with Gasteiger partial charge < -0.3 is 0 Å². The molecular weight excluding hydrogens is 312 g/mol. The van der Waals surface area contributed by atoms with Crippen LogP contribution in [0.2, 0.25) is 0 Å². The van der Waals surface area contributed by atoms with Gasteiger partial charge in [0.15, 0.2) is 0 Å². The molecule has 0 radical (unpaired) electrons. The van der Waals surface area contributed by atoms with Crippen molar-refractivity contribution < 1.29 is 8.42 Å². The fourth-order valence-corrected chi connectivity index (χ4v) is 4.28. The number of hydrogen-bond donors (Lipinski definition) is 0. The van der Waals surface area contributed by atoms with Crippen LogP contribution in [0.5, 0.6) is 0 Å². The van der Waals surface area contributed by atoms with Gasteiger partial charge >= 0.3 is 0 Å². The van der Waals surface area contributed by atoms with E-state index < -0.39 is 10.2 Å². The fourth-order valence-electron chi connectivity index (χ4n) is 2.94. The third-order valence-electron chi connectivity index (χ3n) is 4.49. The molecule has 0 bridgehead atoms. The van der Waals surface area contributed by atoms with Crippen molar-refractivity contribution in [1.82, 2.24) is 18.6 Å². The zero-order valence-corrected chi connectivity index (χ0v) is 15.4. The minimum atomic E-state index is -3.45. The largest absolute Gasteiger partial charge is 0.282 e. The molecule has 0 spiro atoms. The van der Waals surface area contributed by atoms with Crippen molar-refractivity contribution in [2.75, 3.05) is 14.1 Å². The first-order chi connectivity index (χ1) is 10.8. The lowest BCUT2D eigenvalue weighted by Gasteiger charge is -2.33. The van der Waals surface area contributed by atoms with E-state index in [9.17, 15) is 8.42 Å². The summed E-state index contributed by atoms with van der Waals surface area (Å²) in [4.78, 5) is 8.60. The second kappa shape index (κ2) is 7.68. The van der Waals surface area contributed by atoms with E-state index in [4.69, 9.17) is 0 Å². The summed E-state index contributed by atoms with van der Waals surface area (Å²) in [7, 11) is -0.141. The van der Waals surface area contributed by atoms with Gasteiger partial charge in [0, 0.05) is 50.6 Å². The molecule has 1 aromatic heterocycles. The second-order valence-electron chi connectivity index (χ2n) is 6.68. The molecule has 23 heavy (non-hydrogen) atoms. The Labute approximate surface area is 140 Å². The van der Waals surface area contributed by atoms with E-state index in [0.29, 0.717) is 0 Å². The first-order valence-corrected chi connectivity index (χ1v) is 9.72. The van der Waals surface area contributed by atoms with Crippen LogP contribution in [0.1, 0.15) is 63.3 Å². The van der Waals surface area contributed by atoms with E-state index in [1.807, 2.05) is 13.8 Å². The van der Waals surface area contributed by atoms with Crippen LogP contribution in [-0.2, 0) is 16.8 Å². The molecular formula is C16H28N4O2S. The quantitative estimate of drug-likeness (QED) is 0.798. The first-order valence-electron chi connectivity index (χ1n) is 8.32. The van der Waals surface area contributed by atoms with Gasteiger partial charge in [0.05, 0.1) is 0 Å². The van der Waals surface area contributed by atoms with Crippen molar-refractivity contribution in [2.45, 2.75) is 64.5 Å². The van der Waals surface area contributed by atoms with E-state index in [2.05, 4.69) is 9.97 Å². The molecule has 6 nitrogen and oxygen atoms in total. The third-order valence-corrected chi connectivity index (χ3v) is 6.44. The number of aromatic nitrogens is 2. The predicted octanol–water partition coefficient (Wildman–Crippen LogP) is 2.54. The summed E-state index contributed by atoms with van der Waals surface area (Å²) in [6.07, 6.45) is 8.77. The van der Waals surface area contributed by atoms with Crippen LogP contribution in [0, 0.1) is 0 Å². The molecule has 1 aromatic rings. The molecule has 0 unspecified atom stereocenters. The van der Waals surface area contributed by atoms with Gasteiger partial charge in [0.2, 0.25) is 0 Å². The minimum Gasteiger partial charge on any atom is -0.241 e. The molecule has 130 valence electrons. The lowest BCUT2D eigenvalue weighted by molar-refractivity contribution is 0.268. The molecule has 0 amide bonds. The van der Waals surface area contributed by atoms with Crippen LogP contribution in [-0.4, -0.2) is 47.1 Å². The minimum absolute atomic E-state index is 0.121. The highest BCUT2D eigenvalue weighted by atomic mass is 32.2. The highest BCUT2D eigenvalue weighted by Gasteiger charge is 2.30. The zero-order chi connectivity index (χ0) is 17.0. The van der Waals surface area contributed by atoms with Gasteiger partial charge in [-0.25, -0.2) is 9.97 Å². The average Bonchev–Trinajstić information content (AvgIpc) is 2.55. The molecule has 7 heteroatoms. The highest BCUT2D eigenvalue weighted by molar-refractivity contribution is 7.86. The maximum Gasteiger partial charge on any atom is 0.282 e. The number of nitrogens with zero attached hydrogens (tertiary/aromatic N) is 4. The van der Waals surface area contributed by atoms with E-state index in [1.165, 1.54) is 15.0 Å². The Hall–Kier alpha value is -1.05. The van der Waals surface area contributed by atoms with Gasteiger partial charge in [0.1, 0.15) is 5.82 Å². The van der Waals surface area contributed by atoms with Gasteiger partial charge in [-0.1, -0.05) is 33.1 Å². The maximum atomic E-state index is 12.7. The molecule has 2 rings (SSSR count). The lowest BCUT2D eigenvalue weighted by atomic mass is 9.96. The molecule has 0 aromatic carbocycles. The summed E-state index contributed by atoms with van der Waals surface area (Å²) in [6, 6.07) is 0.121. The Balaban J connectivity index is 2.04. The molecule has 1 aliphatic rings. The Morgan fingerprint density at radius 3 is 2.22 bits per heavy atom. The van der Waals surface area contributed by atoms with Crippen molar-refractivity contribution in [1.29, 1.82) is 0 Å². The Morgan fingerprint density at radius 2 is 1.70 bits per heavy atom. The summed E-state index contributed by atoms with van der Waals surface area (Å²) in [5.74, 6) is 1.04. The Morgan fingerprint density at radius 1 is 1.13 bits per heavy atom. The van der Waals surface area contributed by atoms with E-state index in [-0.39, 0.29) is 18.5 Å². The average molecular weight is 340 g/mol. The van der Waals surface area contributed by atoms with Crippen LogP contribution in [0.25, 0.3) is 0 Å². The smallest absolute Gasteiger partial charge is 0.241 e. The van der Waals surface area contributed by atoms with Crippen molar-refractivity contribution in [3.05, 3.63) is 23.8 Å². The molecule has 1 saturated carbocycles.